The summed E-state index contributed by atoms with van der Waals surface area (Å²) in [6, 6.07) is 0.102. The van der Waals surface area contributed by atoms with E-state index in [0.29, 0.717) is 5.65 Å². The number of rotatable bonds is 3. The number of fused-ring (bicyclic) bond motifs is 1. The van der Waals surface area contributed by atoms with Gasteiger partial charge in [-0.2, -0.15) is 0 Å². The summed E-state index contributed by atoms with van der Waals surface area (Å²) < 4.78 is 0. The van der Waals surface area contributed by atoms with Crippen molar-refractivity contribution in [2.24, 2.45) is 0 Å². The molecule has 1 atom stereocenters. The van der Waals surface area contributed by atoms with Crippen LogP contribution in [0.15, 0.2) is 18.0 Å². The zero-order valence-electron chi connectivity index (χ0n) is 10.0. The quantitative estimate of drug-likeness (QED) is 0.755. The fourth-order valence-corrected chi connectivity index (χ4v) is 2.52. The van der Waals surface area contributed by atoms with Crippen molar-refractivity contribution >= 4 is 28.3 Å². The molecular weight excluding hydrogens is 248 g/mol. The minimum Gasteiger partial charge on any atom is -0.359 e. The van der Waals surface area contributed by atoms with Crippen LogP contribution in [0, 0.1) is 6.92 Å². The van der Waals surface area contributed by atoms with Crippen LogP contribution in [0.3, 0.4) is 0 Å². The van der Waals surface area contributed by atoms with Gasteiger partial charge in [0.1, 0.15) is 16.9 Å². The first-order chi connectivity index (χ1) is 8.74. The third-order valence-electron chi connectivity index (χ3n) is 2.58. The van der Waals surface area contributed by atoms with Crippen LogP contribution >= 0.6 is 11.3 Å². The molecule has 0 amide bonds. The zero-order chi connectivity index (χ0) is 12.5. The molecule has 0 aromatic carbocycles. The Bertz CT molecular complexity index is 673. The normalized spacial score (nSPS) is 12.8. The maximum Gasteiger partial charge on any atom is 0.182 e. The number of aryl methyl sites for hydroxylation is 1. The largest absolute Gasteiger partial charge is 0.359 e. The number of aromatic nitrogens is 5. The fraction of sp³-hybridized carbons (Fsp3) is 0.273. The van der Waals surface area contributed by atoms with Gasteiger partial charge in [0.25, 0.3) is 0 Å². The molecule has 0 saturated heterocycles. The second-order valence-corrected chi connectivity index (χ2v) is 4.91. The van der Waals surface area contributed by atoms with E-state index in [-0.39, 0.29) is 6.04 Å². The maximum atomic E-state index is 4.46. The van der Waals surface area contributed by atoms with E-state index in [1.165, 1.54) is 6.33 Å². The van der Waals surface area contributed by atoms with E-state index >= 15 is 0 Å². The predicted octanol–water partition coefficient (Wildman–Crippen LogP) is 2.29. The third-order valence-corrected chi connectivity index (χ3v) is 3.73. The van der Waals surface area contributed by atoms with Crippen molar-refractivity contribution in [3.8, 4) is 0 Å². The molecule has 0 radical (unpaired) electrons. The number of imidazole rings is 1. The number of nitrogens with zero attached hydrogens (tertiary/aromatic N) is 4. The molecule has 3 aromatic rings. The second kappa shape index (κ2) is 4.34. The van der Waals surface area contributed by atoms with Crippen LogP contribution in [-0.2, 0) is 0 Å². The summed E-state index contributed by atoms with van der Waals surface area (Å²) in [5.41, 5.74) is 2.52. The van der Waals surface area contributed by atoms with Gasteiger partial charge in [-0.05, 0) is 13.8 Å². The highest BCUT2D eigenvalue weighted by Gasteiger charge is 2.12. The van der Waals surface area contributed by atoms with Gasteiger partial charge >= 0.3 is 0 Å². The van der Waals surface area contributed by atoms with Gasteiger partial charge in [-0.15, -0.1) is 11.3 Å². The molecule has 18 heavy (non-hydrogen) atoms. The minimum atomic E-state index is 0.102. The zero-order valence-corrected chi connectivity index (χ0v) is 10.8. The molecule has 0 aliphatic rings. The summed E-state index contributed by atoms with van der Waals surface area (Å²) in [6.07, 6.45) is 3.12. The molecule has 0 aliphatic heterocycles. The van der Waals surface area contributed by atoms with Crippen LogP contribution in [0.1, 0.15) is 23.7 Å². The number of thiazole rings is 1. The second-order valence-electron chi connectivity index (χ2n) is 4.02. The standard InChI is InChI=1S/C11H12N6S/c1-6-3-18-11(16-6)7(2)17-10-8-9(13-4-12-8)14-5-15-10/h3-5,7H,1-2H3,(H2,12,13,14,15,17)/t7-/m1/s1. The van der Waals surface area contributed by atoms with Crippen molar-refractivity contribution < 1.29 is 0 Å². The average molecular weight is 260 g/mol. The average Bonchev–Trinajstić information content (AvgIpc) is 2.97. The fourth-order valence-electron chi connectivity index (χ4n) is 1.71. The van der Waals surface area contributed by atoms with Crippen LogP contribution in [0.25, 0.3) is 11.2 Å². The molecule has 3 heterocycles. The monoisotopic (exact) mass is 260 g/mol. The summed E-state index contributed by atoms with van der Waals surface area (Å²) in [5, 5.41) is 6.41. The van der Waals surface area contributed by atoms with Crippen LogP contribution < -0.4 is 5.32 Å². The number of hydrogen-bond acceptors (Lipinski definition) is 6. The molecule has 0 fully saturated rings. The molecule has 0 bridgehead atoms. The van der Waals surface area contributed by atoms with Crippen molar-refractivity contribution in [3.63, 3.8) is 0 Å². The predicted molar refractivity (Wildman–Crippen MR) is 70.6 cm³/mol. The van der Waals surface area contributed by atoms with Crippen molar-refractivity contribution in [1.29, 1.82) is 0 Å². The van der Waals surface area contributed by atoms with E-state index in [2.05, 4.69) is 37.2 Å². The van der Waals surface area contributed by atoms with Gasteiger partial charge in [0.05, 0.1) is 12.4 Å². The summed E-state index contributed by atoms with van der Waals surface area (Å²) in [6.45, 7) is 4.05. The summed E-state index contributed by atoms with van der Waals surface area (Å²) in [7, 11) is 0. The Kier molecular flexibility index (Phi) is 2.67. The number of hydrogen-bond donors (Lipinski definition) is 2. The van der Waals surface area contributed by atoms with Gasteiger partial charge in [-0.3, -0.25) is 0 Å². The van der Waals surface area contributed by atoms with E-state index in [0.717, 1.165) is 22.0 Å². The molecule has 92 valence electrons. The SMILES string of the molecule is Cc1csc([C@@H](C)Nc2ncnc3nc[nH]c23)n1. The Morgan fingerprint density at radius 2 is 2.22 bits per heavy atom. The highest BCUT2D eigenvalue weighted by atomic mass is 32.1. The molecule has 0 spiro atoms. The lowest BCUT2D eigenvalue weighted by atomic mass is 10.3. The molecular formula is C11H12N6S. The van der Waals surface area contributed by atoms with Gasteiger partial charge in [0, 0.05) is 11.1 Å². The Labute approximate surface area is 108 Å². The summed E-state index contributed by atoms with van der Waals surface area (Å²) in [5.74, 6) is 0.748. The molecule has 7 heteroatoms. The van der Waals surface area contributed by atoms with Gasteiger partial charge in [0.15, 0.2) is 11.5 Å². The third kappa shape index (κ3) is 1.92. The van der Waals surface area contributed by atoms with E-state index in [4.69, 9.17) is 0 Å². The topological polar surface area (TPSA) is 79.4 Å². The number of nitrogens with one attached hydrogen (secondary N) is 2. The Balaban J connectivity index is 1.90. The molecule has 6 nitrogen and oxygen atoms in total. The first kappa shape index (κ1) is 11.1. The van der Waals surface area contributed by atoms with Gasteiger partial charge in [-0.1, -0.05) is 0 Å². The Morgan fingerprint density at radius 3 is 3.00 bits per heavy atom. The summed E-state index contributed by atoms with van der Waals surface area (Å²) in [4.78, 5) is 19.9. The smallest absolute Gasteiger partial charge is 0.182 e. The lowest BCUT2D eigenvalue weighted by Crippen LogP contribution is -2.08. The molecule has 3 rings (SSSR count). The highest BCUT2D eigenvalue weighted by molar-refractivity contribution is 7.09. The molecule has 0 saturated carbocycles. The van der Waals surface area contributed by atoms with Gasteiger partial charge in [0.2, 0.25) is 0 Å². The van der Waals surface area contributed by atoms with E-state index in [1.807, 2.05) is 12.3 Å². The van der Waals surface area contributed by atoms with Crippen molar-refractivity contribution in [2.45, 2.75) is 19.9 Å². The molecule has 0 aliphatic carbocycles. The number of aromatic amines is 1. The maximum absolute atomic E-state index is 4.46. The number of anilines is 1. The van der Waals surface area contributed by atoms with Crippen molar-refractivity contribution in [3.05, 3.63) is 28.7 Å². The van der Waals surface area contributed by atoms with Crippen molar-refractivity contribution in [1.82, 2.24) is 24.9 Å². The van der Waals surface area contributed by atoms with E-state index in [9.17, 15) is 0 Å². The first-order valence-corrected chi connectivity index (χ1v) is 6.44. The van der Waals surface area contributed by atoms with Crippen LogP contribution in [0.5, 0.6) is 0 Å². The van der Waals surface area contributed by atoms with Crippen LogP contribution in [-0.4, -0.2) is 24.9 Å². The van der Waals surface area contributed by atoms with Crippen LogP contribution in [0.2, 0.25) is 0 Å². The lowest BCUT2D eigenvalue weighted by molar-refractivity contribution is 0.856. The number of H-pyrrole nitrogens is 1. The van der Waals surface area contributed by atoms with Gasteiger partial charge < -0.3 is 10.3 Å². The van der Waals surface area contributed by atoms with Crippen LogP contribution in [0.4, 0.5) is 5.82 Å². The minimum absolute atomic E-state index is 0.102. The van der Waals surface area contributed by atoms with E-state index in [1.54, 1.807) is 17.7 Å². The Morgan fingerprint density at radius 1 is 1.33 bits per heavy atom. The van der Waals surface area contributed by atoms with E-state index < -0.39 is 0 Å². The lowest BCUT2D eigenvalue weighted by Gasteiger charge is -2.11. The highest BCUT2D eigenvalue weighted by Crippen LogP contribution is 2.23. The molecule has 3 aromatic heterocycles. The molecule has 0 unspecified atom stereocenters. The van der Waals surface area contributed by atoms with Crippen molar-refractivity contribution in [2.75, 3.05) is 5.32 Å². The first-order valence-electron chi connectivity index (χ1n) is 5.56. The Hall–Kier alpha value is -2.02. The summed E-state index contributed by atoms with van der Waals surface area (Å²) >= 11 is 1.64. The molecule has 2 N–H and O–H groups in total. The van der Waals surface area contributed by atoms with Gasteiger partial charge in [-0.25, -0.2) is 19.9 Å².